The molecular formula is C32H43N7O2. The Morgan fingerprint density at radius 1 is 1.05 bits per heavy atom. The minimum absolute atomic E-state index is 0.00289. The van der Waals surface area contributed by atoms with Gasteiger partial charge in [0.1, 0.15) is 12.4 Å². The van der Waals surface area contributed by atoms with Crippen molar-refractivity contribution in [3.05, 3.63) is 53.2 Å². The SMILES string of the molecule is C=CC(=O)N1CCN(c2nc(OCC3CCCN3C)nc3c2[C@H](C2CC2)N(c2cccc4c2CN(C)CC4)C3)CC1. The molecule has 7 rings (SSSR count). The highest BCUT2D eigenvalue weighted by Crippen LogP contribution is 2.54. The van der Waals surface area contributed by atoms with Crippen molar-refractivity contribution < 1.29 is 9.53 Å². The fraction of sp³-hybridized carbons (Fsp3) is 0.594. The number of carbonyl (C=O) groups is 1. The Morgan fingerprint density at radius 2 is 1.88 bits per heavy atom. The van der Waals surface area contributed by atoms with Gasteiger partial charge in [0.2, 0.25) is 5.91 Å². The summed E-state index contributed by atoms with van der Waals surface area (Å²) in [7, 11) is 4.40. The maximum absolute atomic E-state index is 12.3. The normalized spacial score (nSPS) is 24.9. The van der Waals surface area contributed by atoms with Crippen molar-refractivity contribution in [2.75, 3.05) is 69.8 Å². The van der Waals surface area contributed by atoms with Gasteiger partial charge in [-0.25, -0.2) is 0 Å². The maximum atomic E-state index is 12.3. The fourth-order valence-electron chi connectivity index (χ4n) is 7.36. The number of ether oxygens (including phenoxy) is 1. The van der Waals surface area contributed by atoms with Crippen LogP contribution < -0.4 is 14.5 Å². The first-order valence-corrected chi connectivity index (χ1v) is 15.5. The van der Waals surface area contributed by atoms with Gasteiger partial charge >= 0.3 is 6.01 Å². The molecule has 0 N–H and O–H groups in total. The van der Waals surface area contributed by atoms with Crippen molar-refractivity contribution in [3.8, 4) is 6.01 Å². The summed E-state index contributed by atoms with van der Waals surface area (Å²) in [5.41, 5.74) is 6.68. The molecule has 218 valence electrons. The quantitative estimate of drug-likeness (QED) is 0.481. The predicted molar refractivity (Wildman–Crippen MR) is 160 cm³/mol. The Labute approximate surface area is 243 Å². The number of amides is 1. The molecule has 41 heavy (non-hydrogen) atoms. The zero-order valence-corrected chi connectivity index (χ0v) is 24.6. The average Bonchev–Trinajstić information content (AvgIpc) is 3.64. The molecule has 1 unspecified atom stereocenters. The first-order chi connectivity index (χ1) is 20.0. The number of hydrogen-bond acceptors (Lipinski definition) is 8. The average molecular weight is 558 g/mol. The molecule has 0 bridgehead atoms. The van der Waals surface area contributed by atoms with E-state index in [4.69, 9.17) is 14.7 Å². The molecule has 9 heteroatoms. The van der Waals surface area contributed by atoms with Gasteiger partial charge in [-0.2, -0.15) is 9.97 Å². The molecular weight excluding hydrogens is 514 g/mol. The van der Waals surface area contributed by atoms with Crippen molar-refractivity contribution >= 4 is 17.4 Å². The Balaban J connectivity index is 1.25. The number of likely N-dealkylation sites (N-methyl/N-ethyl adjacent to an activating group) is 2. The number of rotatable bonds is 7. The number of anilines is 2. The van der Waals surface area contributed by atoms with Gasteiger partial charge in [-0.15, -0.1) is 0 Å². The van der Waals surface area contributed by atoms with Gasteiger partial charge in [0, 0.05) is 56.6 Å². The number of nitrogens with zero attached hydrogens (tertiary/aromatic N) is 7. The van der Waals surface area contributed by atoms with E-state index in [-0.39, 0.29) is 11.9 Å². The van der Waals surface area contributed by atoms with Gasteiger partial charge in [-0.1, -0.05) is 18.7 Å². The lowest BCUT2D eigenvalue weighted by atomic mass is 9.96. The van der Waals surface area contributed by atoms with E-state index in [1.54, 1.807) is 0 Å². The van der Waals surface area contributed by atoms with Crippen LogP contribution >= 0.6 is 0 Å². The van der Waals surface area contributed by atoms with Gasteiger partial charge in [0.05, 0.1) is 18.3 Å². The number of likely N-dealkylation sites (tertiary alicyclic amines) is 1. The molecule has 5 aliphatic rings. The molecule has 1 aromatic heterocycles. The standard InChI is InChI=1S/C32H43N7O2/c1-4-28(40)37-15-17-38(18-16-37)31-29-26(33-32(34-31)41-21-24-8-6-13-36(24)3)20-39(30(29)23-10-11-23)27-9-5-7-22-12-14-35(2)19-25(22)27/h4-5,7,9,23-24,30H,1,6,8,10-21H2,2-3H3/t24?,30-/m0/s1. The topological polar surface area (TPSA) is 68.3 Å². The Kier molecular flexibility index (Phi) is 7.11. The summed E-state index contributed by atoms with van der Waals surface area (Å²) in [5.74, 6) is 1.62. The monoisotopic (exact) mass is 557 g/mol. The summed E-state index contributed by atoms with van der Waals surface area (Å²) in [6, 6.07) is 8.03. The summed E-state index contributed by atoms with van der Waals surface area (Å²) in [6.45, 7) is 11.1. The second kappa shape index (κ2) is 10.9. The van der Waals surface area contributed by atoms with Crippen LogP contribution in [0.3, 0.4) is 0 Å². The summed E-state index contributed by atoms with van der Waals surface area (Å²) >= 11 is 0. The smallest absolute Gasteiger partial charge is 0.318 e. The molecule has 1 amide bonds. The molecule has 2 atom stereocenters. The Hall–Kier alpha value is -3.17. The zero-order chi connectivity index (χ0) is 28.1. The minimum atomic E-state index is 0.00289. The molecule has 3 fully saturated rings. The first-order valence-electron chi connectivity index (χ1n) is 15.5. The summed E-state index contributed by atoms with van der Waals surface area (Å²) in [4.78, 5) is 34.3. The third-order valence-corrected chi connectivity index (χ3v) is 9.89. The van der Waals surface area contributed by atoms with Crippen LogP contribution in [0.15, 0.2) is 30.9 Å². The molecule has 9 nitrogen and oxygen atoms in total. The van der Waals surface area contributed by atoms with Crippen LogP contribution in [0.25, 0.3) is 0 Å². The number of benzene rings is 1. The van der Waals surface area contributed by atoms with Crippen LogP contribution in [-0.4, -0.2) is 96.6 Å². The van der Waals surface area contributed by atoms with Crippen molar-refractivity contribution in [2.45, 2.75) is 57.3 Å². The molecule has 2 saturated heterocycles. The number of fused-ring (bicyclic) bond motifs is 2. The molecule has 0 spiro atoms. The molecule has 5 heterocycles. The van der Waals surface area contributed by atoms with Crippen LogP contribution in [0.2, 0.25) is 0 Å². The van der Waals surface area contributed by atoms with Crippen molar-refractivity contribution in [1.82, 2.24) is 24.7 Å². The van der Waals surface area contributed by atoms with Gasteiger partial charge in [0.15, 0.2) is 0 Å². The highest BCUT2D eigenvalue weighted by Gasteiger charge is 2.46. The third-order valence-electron chi connectivity index (χ3n) is 9.89. The van der Waals surface area contributed by atoms with E-state index < -0.39 is 0 Å². The van der Waals surface area contributed by atoms with E-state index in [9.17, 15) is 4.79 Å². The number of carbonyl (C=O) groups excluding carboxylic acids is 1. The largest absolute Gasteiger partial charge is 0.462 e. The third kappa shape index (κ3) is 5.07. The maximum Gasteiger partial charge on any atom is 0.318 e. The number of piperazine rings is 1. The van der Waals surface area contributed by atoms with Crippen LogP contribution in [0.5, 0.6) is 6.01 Å². The minimum Gasteiger partial charge on any atom is -0.462 e. The fourth-order valence-corrected chi connectivity index (χ4v) is 7.36. The lowest BCUT2D eigenvalue weighted by molar-refractivity contribution is -0.126. The highest BCUT2D eigenvalue weighted by molar-refractivity contribution is 5.87. The summed E-state index contributed by atoms with van der Waals surface area (Å²) < 4.78 is 6.36. The number of hydrogen-bond donors (Lipinski definition) is 0. The van der Waals surface area contributed by atoms with Crippen molar-refractivity contribution in [1.29, 1.82) is 0 Å². The Morgan fingerprint density at radius 3 is 2.61 bits per heavy atom. The van der Waals surface area contributed by atoms with Crippen LogP contribution in [0.4, 0.5) is 11.5 Å². The van der Waals surface area contributed by atoms with E-state index in [0.717, 1.165) is 63.6 Å². The lowest BCUT2D eigenvalue weighted by Gasteiger charge is -2.37. The van der Waals surface area contributed by atoms with Crippen molar-refractivity contribution in [3.63, 3.8) is 0 Å². The molecule has 1 aliphatic carbocycles. The first kappa shape index (κ1) is 26.7. The van der Waals surface area contributed by atoms with E-state index in [2.05, 4.69) is 58.5 Å². The molecule has 1 aromatic carbocycles. The van der Waals surface area contributed by atoms with E-state index in [1.807, 2.05) is 4.90 Å². The van der Waals surface area contributed by atoms with Gasteiger partial charge in [0.25, 0.3) is 0 Å². The molecule has 1 saturated carbocycles. The molecule has 2 aromatic rings. The number of aromatic nitrogens is 2. The van der Waals surface area contributed by atoms with Crippen LogP contribution in [-0.2, 0) is 24.3 Å². The van der Waals surface area contributed by atoms with Gasteiger partial charge in [-0.3, -0.25) is 4.79 Å². The van der Waals surface area contributed by atoms with Gasteiger partial charge < -0.3 is 29.2 Å². The van der Waals surface area contributed by atoms with Crippen molar-refractivity contribution in [2.24, 2.45) is 5.92 Å². The van der Waals surface area contributed by atoms with Crippen LogP contribution in [0, 0.1) is 5.92 Å². The van der Waals surface area contributed by atoms with Gasteiger partial charge in [-0.05, 0) is 81.9 Å². The van der Waals surface area contributed by atoms with E-state index in [1.165, 1.54) is 47.7 Å². The predicted octanol–water partition coefficient (Wildman–Crippen LogP) is 3.24. The second-order valence-electron chi connectivity index (χ2n) is 12.6. The lowest BCUT2D eigenvalue weighted by Crippen LogP contribution is -2.49. The Bertz CT molecular complexity index is 1320. The highest BCUT2D eigenvalue weighted by atomic mass is 16.5. The molecule has 4 aliphatic heterocycles. The summed E-state index contributed by atoms with van der Waals surface area (Å²) in [5, 5.41) is 0. The molecule has 0 radical (unpaired) electrons. The van der Waals surface area contributed by atoms with E-state index in [0.29, 0.717) is 37.7 Å². The second-order valence-corrected chi connectivity index (χ2v) is 12.6. The van der Waals surface area contributed by atoms with E-state index >= 15 is 0 Å². The summed E-state index contributed by atoms with van der Waals surface area (Å²) in [6.07, 6.45) is 7.36. The van der Waals surface area contributed by atoms with Crippen LogP contribution in [0.1, 0.15) is 54.1 Å². The zero-order valence-electron chi connectivity index (χ0n) is 24.6.